The minimum atomic E-state index is -0.768. The quantitative estimate of drug-likeness (QED) is 0.322. The molecule has 170 valence electrons. The molecule has 2 aromatic carbocycles. The first-order chi connectivity index (χ1) is 15.3. The maximum atomic E-state index is 12.5. The van der Waals surface area contributed by atoms with Gasteiger partial charge in [-0.25, -0.2) is 10.2 Å². The summed E-state index contributed by atoms with van der Waals surface area (Å²) in [6, 6.07) is 12.4. The minimum absolute atomic E-state index is 0.165. The Hall–Kier alpha value is -3.39. The van der Waals surface area contributed by atoms with E-state index >= 15 is 0 Å². The highest BCUT2D eigenvalue weighted by Crippen LogP contribution is 2.15. The highest BCUT2D eigenvalue weighted by Gasteiger charge is 2.22. The van der Waals surface area contributed by atoms with E-state index in [1.54, 1.807) is 48.5 Å². The zero-order valence-corrected chi connectivity index (χ0v) is 18.9. The second kappa shape index (κ2) is 12.5. The molecule has 0 aliphatic carbocycles. The molecular formula is C23H26ClN3O5. The van der Waals surface area contributed by atoms with E-state index in [0.717, 1.165) is 0 Å². The van der Waals surface area contributed by atoms with Crippen molar-refractivity contribution in [1.29, 1.82) is 0 Å². The molecule has 0 bridgehead atoms. The average Bonchev–Trinajstić information content (AvgIpc) is 2.77. The van der Waals surface area contributed by atoms with Gasteiger partial charge in [-0.05, 0) is 54.3 Å². The number of hydrazone groups is 1. The largest absolute Gasteiger partial charge is 0.484 e. The Balaban J connectivity index is 1.90. The van der Waals surface area contributed by atoms with Crippen molar-refractivity contribution < 1.29 is 23.9 Å². The summed E-state index contributed by atoms with van der Waals surface area (Å²) < 4.78 is 10.1. The van der Waals surface area contributed by atoms with Crippen LogP contribution in [0.25, 0.3) is 0 Å². The number of benzene rings is 2. The topological polar surface area (TPSA) is 106 Å². The highest BCUT2D eigenvalue weighted by atomic mass is 35.5. The van der Waals surface area contributed by atoms with Crippen molar-refractivity contribution in [1.82, 2.24) is 10.7 Å². The predicted molar refractivity (Wildman–Crippen MR) is 122 cm³/mol. The third-order valence-electron chi connectivity index (χ3n) is 4.26. The molecular weight excluding hydrogens is 434 g/mol. The summed E-state index contributed by atoms with van der Waals surface area (Å²) in [6.45, 7) is 3.66. The van der Waals surface area contributed by atoms with Crippen molar-refractivity contribution in [2.75, 3.05) is 13.7 Å². The summed E-state index contributed by atoms with van der Waals surface area (Å²) in [7, 11) is 1.31. The van der Waals surface area contributed by atoms with Crippen LogP contribution in [0, 0.1) is 5.92 Å². The van der Waals surface area contributed by atoms with Crippen LogP contribution in [0.2, 0.25) is 5.02 Å². The number of esters is 1. The zero-order valence-electron chi connectivity index (χ0n) is 18.1. The van der Waals surface area contributed by atoms with Crippen molar-refractivity contribution >= 4 is 35.6 Å². The van der Waals surface area contributed by atoms with E-state index in [9.17, 15) is 14.4 Å². The van der Waals surface area contributed by atoms with Gasteiger partial charge in [0.15, 0.2) is 6.61 Å². The maximum absolute atomic E-state index is 12.5. The van der Waals surface area contributed by atoms with Gasteiger partial charge in [-0.2, -0.15) is 5.10 Å². The van der Waals surface area contributed by atoms with Gasteiger partial charge in [0.1, 0.15) is 11.8 Å². The Bertz CT molecular complexity index is 943. The molecule has 2 rings (SSSR count). The van der Waals surface area contributed by atoms with Gasteiger partial charge in [0.2, 0.25) is 0 Å². The molecule has 0 spiro atoms. The Morgan fingerprint density at radius 1 is 1.06 bits per heavy atom. The van der Waals surface area contributed by atoms with E-state index in [4.69, 9.17) is 16.3 Å². The van der Waals surface area contributed by atoms with Gasteiger partial charge >= 0.3 is 5.97 Å². The van der Waals surface area contributed by atoms with E-state index in [1.807, 2.05) is 13.8 Å². The van der Waals surface area contributed by atoms with E-state index in [1.165, 1.54) is 13.3 Å². The normalized spacial score (nSPS) is 11.8. The van der Waals surface area contributed by atoms with Crippen LogP contribution in [-0.4, -0.2) is 43.8 Å². The zero-order chi connectivity index (χ0) is 23.5. The Morgan fingerprint density at radius 2 is 1.72 bits per heavy atom. The summed E-state index contributed by atoms with van der Waals surface area (Å²) in [4.78, 5) is 36.3. The molecule has 8 nitrogen and oxygen atoms in total. The minimum Gasteiger partial charge on any atom is -0.484 e. The number of nitrogens with one attached hydrogen (secondary N) is 2. The first-order valence-corrected chi connectivity index (χ1v) is 10.3. The SMILES string of the molecule is COC(=O)c1ccc(/C=N\NC(=O)[C@@H](CC(C)C)NC(=O)COc2ccc(Cl)cc2)cc1. The lowest BCUT2D eigenvalue weighted by atomic mass is 10.0. The highest BCUT2D eigenvalue weighted by molar-refractivity contribution is 6.30. The summed E-state index contributed by atoms with van der Waals surface area (Å²) in [5.74, 6) is -0.645. The monoisotopic (exact) mass is 459 g/mol. The smallest absolute Gasteiger partial charge is 0.337 e. The van der Waals surface area contributed by atoms with E-state index in [2.05, 4.69) is 20.6 Å². The Labute approximate surface area is 191 Å². The van der Waals surface area contributed by atoms with Crippen molar-refractivity contribution in [3.63, 3.8) is 0 Å². The molecule has 0 aromatic heterocycles. The number of carbonyl (C=O) groups is 3. The number of rotatable bonds is 10. The molecule has 2 N–H and O–H groups in total. The number of hydrogen-bond donors (Lipinski definition) is 2. The molecule has 0 unspecified atom stereocenters. The average molecular weight is 460 g/mol. The molecule has 2 amide bonds. The van der Waals surface area contributed by atoms with E-state index in [-0.39, 0.29) is 12.5 Å². The number of carbonyl (C=O) groups excluding carboxylic acids is 3. The third kappa shape index (κ3) is 8.39. The third-order valence-corrected chi connectivity index (χ3v) is 4.51. The molecule has 0 fully saturated rings. The fraction of sp³-hybridized carbons (Fsp3) is 0.304. The predicted octanol–water partition coefficient (Wildman–Crippen LogP) is 3.19. The van der Waals surface area contributed by atoms with E-state index < -0.39 is 23.8 Å². The van der Waals surface area contributed by atoms with Crippen molar-refractivity contribution in [2.45, 2.75) is 26.3 Å². The Morgan fingerprint density at radius 3 is 2.31 bits per heavy atom. The summed E-state index contributed by atoms with van der Waals surface area (Å²) in [6.07, 6.45) is 1.87. The van der Waals surface area contributed by atoms with Crippen LogP contribution in [-0.2, 0) is 14.3 Å². The van der Waals surface area contributed by atoms with Crippen LogP contribution >= 0.6 is 11.6 Å². The van der Waals surface area contributed by atoms with E-state index in [0.29, 0.717) is 28.3 Å². The molecule has 32 heavy (non-hydrogen) atoms. The van der Waals surface area contributed by atoms with Gasteiger partial charge in [0.05, 0.1) is 18.9 Å². The van der Waals surface area contributed by atoms with Gasteiger partial charge in [0.25, 0.3) is 11.8 Å². The number of nitrogens with zero attached hydrogens (tertiary/aromatic N) is 1. The number of ether oxygens (including phenoxy) is 2. The Kier molecular flexibility index (Phi) is 9.69. The maximum Gasteiger partial charge on any atom is 0.337 e. The van der Waals surface area contributed by atoms with Crippen LogP contribution < -0.4 is 15.5 Å². The standard InChI is InChI=1S/C23H26ClN3O5/c1-15(2)12-20(26-21(28)14-32-19-10-8-18(24)9-11-19)22(29)27-25-13-16-4-6-17(7-5-16)23(30)31-3/h4-11,13,15,20H,12,14H2,1-3H3,(H,26,28)(H,27,29)/b25-13-/t20-/m1/s1. The van der Waals surface area contributed by atoms with Crippen molar-refractivity contribution in [2.24, 2.45) is 11.0 Å². The number of methoxy groups -OCH3 is 1. The lowest BCUT2D eigenvalue weighted by Gasteiger charge is -2.19. The van der Waals surface area contributed by atoms with Crippen LogP contribution in [0.5, 0.6) is 5.75 Å². The second-order valence-electron chi connectivity index (χ2n) is 7.34. The molecule has 0 saturated carbocycles. The fourth-order valence-electron chi connectivity index (χ4n) is 2.69. The van der Waals surface area contributed by atoms with Gasteiger partial charge in [-0.15, -0.1) is 0 Å². The van der Waals surface area contributed by atoms with Crippen LogP contribution in [0.3, 0.4) is 0 Å². The van der Waals surface area contributed by atoms with Crippen LogP contribution in [0.4, 0.5) is 0 Å². The fourth-order valence-corrected chi connectivity index (χ4v) is 2.82. The second-order valence-corrected chi connectivity index (χ2v) is 7.78. The van der Waals surface area contributed by atoms with Gasteiger partial charge < -0.3 is 14.8 Å². The van der Waals surface area contributed by atoms with Gasteiger partial charge in [-0.1, -0.05) is 37.6 Å². The van der Waals surface area contributed by atoms with Crippen molar-refractivity contribution in [3.8, 4) is 5.75 Å². The lowest BCUT2D eigenvalue weighted by molar-refractivity contribution is -0.130. The molecule has 2 aromatic rings. The summed E-state index contributed by atoms with van der Waals surface area (Å²) in [5, 5.41) is 7.18. The van der Waals surface area contributed by atoms with Crippen molar-refractivity contribution in [3.05, 3.63) is 64.7 Å². The first-order valence-electron chi connectivity index (χ1n) is 9.97. The summed E-state index contributed by atoms with van der Waals surface area (Å²) >= 11 is 5.82. The molecule has 0 radical (unpaired) electrons. The molecule has 0 aliphatic heterocycles. The number of hydrogen-bond acceptors (Lipinski definition) is 6. The number of halogens is 1. The summed E-state index contributed by atoms with van der Waals surface area (Å²) in [5.41, 5.74) is 3.53. The molecule has 1 atom stereocenters. The molecule has 0 aliphatic rings. The molecule has 0 heterocycles. The lowest BCUT2D eigenvalue weighted by Crippen LogP contribution is -2.47. The van der Waals surface area contributed by atoms with Crippen LogP contribution in [0.1, 0.15) is 36.2 Å². The van der Waals surface area contributed by atoms with Crippen LogP contribution in [0.15, 0.2) is 53.6 Å². The van der Waals surface area contributed by atoms with Gasteiger partial charge in [0, 0.05) is 5.02 Å². The molecule has 9 heteroatoms. The first kappa shape index (κ1) is 24.9. The van der Waals surface area contributed by atoms with Gasteiger partial charge in [-0.3, -0.25) is 9.59 Å². The number of amides is 2. The molecule has 0 saturated heterocycles.